The van der Waals surface area contributed by atoms with Gasteiger partial charge in [0.25, 0.3) is 0 Å². The number of hydrogen-bond donors (Lipinski definition) is 1. The van der Waals surface area contributed by atoms with Gasteiger partial charge in [0, 0.05) is 18.3 Å². The molecule has 0 aliphatic heterocycles. The molecule has 0 aromatic heterocycles. The first-order chi connectivity index (χ1) is 12.8. The molecule has 0 bridgehead atoms. The van der Waals surface area contributed by atoms with Crippen molar-refractivity contribution in [3.63, 3.8) is 0 Å². The maximum absolute atomic E-state index is 13.6. The van der Waals surface area contributed by atoms with Crippen molar-refractivity contribution in [1.29, 1.82) is 0 Å². The number of carbonyl (C=O) groups is 2. The third-order valence-corrected chi connectivity index (χ3v) is 10.00. The van der Waals surface area contributed by atoms with Gasteiger partial charge in [-0.15, -0.1) is 0 Å². The van der Waals surface area contributed by atoms with Gasteiger partial charge in [0.05, 0.1) is 6.10 Å². The van der Waals surface area contributed by atoms with Gasteiger partial charge in [-0.2, -0.15) is 0 Å². The van der Waals surface area contributed by atoms with E-state index in [2.05, 4.69) is 20.8 Å². The molecule has 4 aliphatic rings. The quantitative estimate of drug-likeness (QED) is 0.719. The highest BCUT2D eigenvalue weighted by Gasteiger charge is 2.63. The van der Waals surface area contributed by atoms with E-state index in [1.54, 1.807) is 0 Å². The van der Waals surface area contributed by atoms with Crippen LogP contribution in [0.1, 0.15) is 85.0 Å². The first-order valence-electron chi connectivity index (χ1n) is 11.5. The topological polar surface area (TPSA) is 54.4 Å². The van der Waals surface area contributed by atoms with Crippen LogP contribution < -0.4 is 0 Å². The number of aliphatic hydroxyl groups is 1. The Kier molecular flexibility index (Phi) is 5.06. The van der Waals surface area contributed by atoms with E-state index >= 15 is 0 Å². The predicted molar refractivity (Wildman–Crippen MR) is 106 cm³/mol. The zero-order valence-corrected chi connectivity index (χ0v) is 17.5. The molecule has 0 aromatic carbocycles. The van der Waals surface area contributed by atoms with Crippen LogP contribution in [-0.2, 0) is 9.59 Å². The summed E-state index contributed by atoms with van der Waals surface area (Å²) in [7, 11) is 0. The lowest BCUT2D eigenvalue weighted by Crippen LogP contribution is -2.57. The molecule has 9 atom stereocenters. The summed E-state index contributed by atoms with van der Waals surface area (Å²) >= 11 is 0. The van der Waals surface area contributed by atoms with Gasteiger partial charge in [-0.25, -0.2) is 0 Å². The van der Waals surface area contributed by atoms with Gasteiger partial charge >= 0.3 is 0 Å². The van der Waals surface area contributed by atoms with E-state index < -0.39 is 0 Å². The fraction of sp³-hybridized carbons (Fsp3) is 0.917. The van der Waals surface area contributed by atoms with E-state index in [4.69, 9.17) is 0 Å². The van der Waals surface area contributed by atoms with Crippen LogP contribution in [0.4, 0.5) is 0 Å². The van der Waals surface area contributed by atoms with E-state index in [0.29, 0.717) is 47.7 Å². The second kappa shape index (κ2) is 6.97. The molecule has 0 aromatic rings. The Hall–Kier alpha value is -0.700. The van der Waals surface area contributed by atoms with Gasteiger partial charge in [-0.1, -0.05) is 20.8 Å². The summed E-state index contributed by atoms with van der Waals surface area (Å²) in [5.74, 6) is 3.78. The van der Waals surface area contributed by atoms with Crippen molar-refractivity contribution >= 4 is 12.1 Å². The van der Waals surface area contributed by atoms with Crippen molar-refractivity contribution < 1.29 is 14.7 Å². The fourth-order valence-corrected chi connectivity index (χ4v) is 8.42. The number of fused-ring (bicyclic) bond motifs is 5. The van der Waals surface area contributed by atoms with Gasteiger partial charge < -0.3 is 9.90 Å². The van der Waals surface area contributed by atoms with Crippen molar-refractivity contribution in [3.05, 3.63) is 0 Å². The maximum Gasteiger partial charge on any atom is 0.139 e. The third-order valence-electron chi connectivity index (χ3n) is 10.00. The Morgan fingerprint density at radius 2 is 1.93 bits per heavy atom. The predicted octanol–water partition coefficient (Wildman–Crippen LogP) is 4.80. The Bertz CT molecular complexity index is 600. The molecule has 152 valence electrons. The smallest absolute Gasteiger partial charge is 0.139 e. The summed E-state index contributed by atoms with van der Waals surface area (Å²) in [6.07, 6.45) is 11.0. The summed E-state index contributed by atoms with van der Waals surface area (Å²) in [4.78, 5) is 24.4. The summed E-state index contributed by atoms with van der Waals surface area (Å²) in [5, 5.41) is 10.2. The van der Waals surface area contributed by atoms with Crippen molar-refractivity contribution in [3.8, 4) is 0 Å². The minimum absolute atomic E-state index is 0.126. The van der Waals surface area contributed by atoms with Crippen LogP contribution in [0.2, 0.25) is 0 Å². The Balaban J connectivity index is 1.60. The Morgan fingerprint density at radius 3 is 2.67 bits per heavy atom. The fourth-order valence-electron chi connectivity index (χ4n) is 8.42. The molecule has 4 saturated carbocycles. The van der Waals surface area contributed by atoms with Crippen LogP contribution in [0.3, 0.4) is 0 Å². The van der Waals surface area contributed by atoms with Crippen LogP contribution in [0, 0.1) is 46.3 Å². The van der Waals surface area contributed by atoms with Crippen molar-refractivity contribution in [2.45, 2.75) is 91.1 Å². The zero-order valence-electron chi connectivity index (χ0n) is 17.5. The van der Waals surface area contributed by atoms with Crippen LogP contribution in [0.5, 0.6) is 0 Å². The Labute approximate surface area is 164 Å². The van der Waals surface area contributed by atoms with Crippen LogP contribution in [0.15, 0.2) is 0 Å². The molecule has 4 fully saturated rings. The first kappa shape index (κ1) is 19.6. The molecule has 3 nitrogen and oxygen atoms in total. The minimum atomic E-state index is -0.166. The second-order valence-electron chi connectivity index (χ2n) is 10.9. The lowest BCUT2D eigenvalue weighted by molar-refractivity contribution is -0.160. The standard InChI is InChI=1S/C24H38O3/c1-15(5-4-12-25)19-8-9-20-18-7-6-16-13-17(26)10-11-23(16,2)21(18)14-22(27)24(19,20)3/h12,15-21,26H,4-11,13-14H2,1-3H3/t15-,16-,17-,18+,19-,20+,21+,23+,24-/m1/s1. The molecule has 0 radical (unpaired) electrons. The van der Waals surface area contributed by atoms with E-state index in [1.807, 2.05) is 0 Å². The SMILES string of the molecule is C[C@H](CCC=O)[C@H]1CC[C@H]2[C@@H]3CC[C@@H]4C[C@H](O)CC[C@]4(C)[C@H]3CC(=O)[C@]12C. The molecular formula is C24H38O3. The molecule has 0 unspecified atom stereocenters. The van der Waals surface area contributed by atoms with Crippen LogP contribution in [-0.4, -0.2) is 23.3 Å². The number of carbonyl (C=O) groups excluding carboxylic acids is 2. The molecule has 1 N–H and O–H groups in total. The van der Waals surface area contributed by atoms with Crippen molar-refractivity contribution in [1.82, 2.24) is 0 Å². The second-order valence-corrected chi connectivity index (χ2v) is 10.9. The zero-order chi connectivity index (χ0) is 19.4. The van der Waals surface area contributed by atoms with Gasteiger partial charge in [-0.3, -0.25) is 4.79 Å². The number of Topliss-reactive ketones (excluding diaryl/α,β-unsaturated/α-hetero) is 1. The monoisotopic (exact) mass is 374 g/mol. The van der Waals surface area contributed by atoms with Crippen molar-refractivity contribution in [2.75, 3.05) is 0 Å². The largest absolute Gasteiger partial charge is 0.393 e. The number of aliphatic hydroxyl groups excluding tert-OH is 1. The highest BCUT2D eigenvalue weighted by atomic mass is 16.3. The van der Waals surface area contributed by atoms with Crippen LogP contribution >= 0.6 is 0 Å². The first-order valence-corrected chi connectivity index (χ1v) is 11.5. The molecule has 0 heterocycles. The van der Waals surface area contributed by atoms with E-state index in [1.165, 1.54) is 19.3 Å². The van der Waals surface area contributed by atoms with Gasteiger partial charge in [0.2, 0.25) is 0 Å². The van der Waals surface area contributed by atoms with Crippen LogP contribution in [0.25, 0.3) is 0 Å². The molecule has 3 heteroatoms. The van der Waals surface area contributed by atoms with Gasteiger partial charge in [0.1, 0.15) is 12.1 Å². The average Bonchev–Trinajstić information content (AvgIpc) is 3.00. The Morgan fingerprint density at radius 1 is 1.15 bits per heavy atom. The van der Waals surface area contributed by atoms with Gasteiger partial charge in [0.15, 0.2) is 0 Å². The van der Waals surface area contributed by atoms with Crippen molar-refractivity contribution in [2.24, 2.45) is 46.3 Å². The molecule has 0 amide bonds. The molecule has 0 spiro atoms. The van der Waals surface area contributed by atoms with Gasteiger partial charge in [-0.05, 0) is 92.3 Å². The number of hydrogen-bond acceptors (Lipinski definition) is 3. The number of ketones is 1. The number of aldehydes is 1. The lowest BCUT2D eigenvalue weighted by atomic mass is 9.44. The number of rotatable bonds is 4. The normalized spacial score (nSPS) is 50.4. The summed E-state index contributed by atoms with van der Waals surface area (Å²) in [5.41, 5.74) is 0.0845. The lowest BCUT2D eigenvalue weighted by Gasteiger charge is -2.60. The summed E-state index contributed by atoms with van der Waals surface area (Å²) in [6.45, 7) is 6.99. The van der Waals surface area contributed by atoms with E-state index in [-0.39, 0.29) is 16.9 Å². The molecule has 27 heavy (non-hydrogen) atoms. The summed E-state index contributed by atoms with van der Waals surface area (Å²) < 4.78 is 0. The minimum Gasteiger partial charge on any atom is -0.393 e. The third kappa shape index (κ3) is 2.86. The molecular weight excluding hydrogens is 336 g/mol. The highest BCUT2D eigenvalue weighted by molar-refractivity contribution is 5.87. The average molecular weight is 375 g/mol. The highest BCUT2D eigenvalue weighted by Crippen LogP contribution is 2.67. The summed E-state index contributed by atoms with van der Waals surface area (Å²) in [6, 6.07) is 0. The maximum atomic E-state index is 13.6. The molecule has 4 rings (SSSR count). The molecule has 4 aliphatic carbocycles. The van der Waals surface area contributed by atoms with E-state index in [9.17, 15) is 14.7 Å². The van der Waals surface area contributed by atoms with E-state index in [0.717, 1.165) is 44.8 Å². The molecule has 0 saturated heterocycles.